The Hall–Kier alpha value is -0.780. The molecular formula is C11H20N2O4P+. The van der Waals surface area contributed by atoms with E-state index in [0.717, 1.165) is 5.56 Å². The second kappa shape index (κ2) is 6.41. The number of aliphatic hydroxyl groups excluding tert-OH is 1. The van der Waals surface area contributed by atoms with Crippen LogP contribution in [0.4, 0.5) is 0 Å². The zero-order valence-corrected chi connectivity index (χ0v) is 11.2. The van der Waals surface area contributed by atoms with Gasteiger partial charge in [0, 0.05) is 18.2 Å². The van der Waals surface area contributed by atoms with Crippen LogP contribution in [0.1, 0.15) is 12.5 Å². The van der Waals surface area contributed by atoms with Gasteiger partial charge in [-0.1, -0.05) is 6.92 Å². The van der Waals surface area contributed by atoms with E-state index in [9.17, 15) is 9.67 Å². The van der Waals surface area contributed by atoms with Gasteiger partial charge in [-0.15, -0.1) is 0 Å². The van der Waals surface area contributed by atoms with Crippen molar-refractivity contribution >= 4 is 7.60 Å². The van der Waals surface area contributed by atoms with E-state index in [2.05, 4.69) is 0 Å². The summed E-state index contributed by atoms with van der Waals surface area (Å²) in [6.07, 6.45) is 3.23. The van der Waals surface area contributed by atoms with Gasteiger partial charge in [0.1, 0.15) is 6.10 Å². The van der Waals surface area contributed by atoms with Crippen LogP contribution in [0.5, 0.6) is 0 Å². The SMILES string of the molecule is CC(Cc1ccc[n+](CC(O)CN)c1)P(=O)(O)O. The number of aliphatic hydroxyl groups is 1. The normalized spacial score (nSPS) is 15.4. The molecule has 1 rings (SSSR count). The molecule has 5 N–H and O–H groups in total. The van der Waals surface area contributed by atoms with Crippen molar-refractivity contribution in [3.8, 4) is 0 Å². The number of hydrogen-bond acceptors (Lipinski definition) is 3. The summed E-state index contributed by atoms with van der Waals surface area (Å²) in [4.78, 5) is 18.1. The van der Waals surface area contributed by atoms with Crippen LogP contribution < -0.4 is 10.3 Å². The van der Waals surface area contributed by atoms with Crippen molar-refractivity contribution in [2.24, 2.45) is 5.73 Å². The Morgan fingerprint density at radius 3 is 2.72 bits per heavy atom. The monoisotopic (exact) mass is 275 g/mol. The third-order valence-electron chi connectivity index (χ3n) is 2.72. The molecule has 2 atom stereocenters. The van der Waals surface area contributed by atoms with E-state index in [1.54, 1.807) is 29.1 Å². The number of hydrogen-bond donors (Lipinski definition) is 4. The van der Waals surface area contributed by atoms with Gasteiger partial charge in [0.15, 0.2) is 18.9 Å². The Labute approximate surface area is 106 Å². The molecule has 0 aliphatic carbocycles. The summed E-state index contributed by atoms with van der Waals surface area (Å²) in [6.45, 7) is 2.07. The summed E-state index contributed by atoms with van der Waals surface area (Å²) in [7, 11) is -4.05. The molecule has 18 heavy (non-hydrogen) atoms. The fourth-order valence-corrected chi connectivity index (χ4v) is 2.04. The lowest BCUT2D eigenvalue weighted by molar-refractivity contribution is -0.703. The highest BCUT2D eigenvalue weighted by atomic mass is 31.2. The maximum atomic E-state index is 11.1. The van der Waals surface area contributed by atoms with E-state index in [1.807, 2.05) is 0 Å². The lowest BCUT2D eigenvalue weighted by Gasteiger charge is -2.12. The molecule has 0 aromatic carbocycles. The van der Waals surface area contributed by atoms with Crippen LogP contribution in [0.15, 0.2) is 24.5 Å². The molecule has 0 fully saturated rings. The van der Waals surface area contributed by atoms with E-state index in [4.69, 9.17) is 15.5 Å². The maximum absolute atomic E-state index is 11.1. The van der Waals surface area contributed by atoms with Crippen LogP contribution in [0, 0.1) is 0 Å². The molecule has 6 nitrogen and oxygen atoms in total. The van der Waals surface area contributed by atoms with Crippen molar-refractivity contribution in [1.82, 2.24) is 0 Å². The van der Waals surface area contributed by atoms with Gasteiger partial charge < -0.3 is 20.6 Å². The first kappa shape index (κ1) is 15.3. The van der Waals surface area contributed by atoms with Gasteiger partial charge in [0.25, 0.3) is 0 Å². The molecule has 0 saturated heterocycles. The molecule has 0 aliphatic rings. The summed E-state index contributed by atoms with van der Waals surface area (Å²) in [5, 5.41) is 9.44. The summed E-state index contributed by atoms with van der Waals surface area (Å²) in [6, 6.07) is 3.59. The fraction of sp³-hybridized carbons (Fsp3) is 0.545. The Morgan fingerprint density at radius 1 is 1.50 bits per heavy atom. The quantitative estimate of drug-likeness (QED) is 0.410. The van der Waals surface area contributed by atoms with Gasteiger partial charge in [-0.05, 0) is 12.5 Å². The van der Waals surface area contributed by atoms with Crippen molar-refractivity contribution in [1.29, 1.82) is 0 Å². The third-order valence-corrected chi connectivity index (χ3v) is 4.05. The average Bonchev–Trinajstić information content (AvgIpc) is 2.28. The number of pyridine rings is 1. The highest BCUT2D eigenvalue weighted by molar-refractivity contribution is 7.52. The van der Waals surface area contributed by atoms with E-state index in [1.165, 1.54) is 6.92 Å². The third kappa shape index (κ3) is 4.84. The van der Waals surface area contributed by atoms with Crippen LogP contribution in [0.3, 0.4) is 0 Å². The van der Waals surface area contributed by atoms with Gasteiger partial charge >= 0.3 is 7.60 Å². The number of nitrogens with zero attached hydrogens (tertiary/aromatic N) is 1. The average molecular weight is 275 g/mol. The molecule has 0 spiro atoms. The van der Waals surface area contributed by atoms with Gasteiger partial charge in [-0.25, -0.2) is 4.57 Å². The zero-order chi connectivity index (χ0) is 13.8. The second-order valence-electron chi connectivity index (χ2n) is 4.44. The van der Waals surface area contributed by atoms with Crippen molar-refractivity contribution in [3.05, 3.63) is 30.1 Å². The molecule has 0 amide bonds. The smallest absolute Gasteiger partial charge is 0.328 e. The van der Waals surface area contributed by atoms with Crippen LogP contribution in [0.25, 0.3) is 0 Å². The van der Waals surface area contributed by atoms with Crippen LogP contribution in [-0.4, -0.2) is 33.2 Å². The first-order valence-corrected chi connectivity index (χ1v) is 7.42. The highest BCUT2D eigenvalue weighted by Gasteiger charge is 2.24. The Bertz CT molecular complexity index is 435. The van der Waals surface area contributed by atoms with Gasteiger partial charge in [0.2, 0.25) is 0 Å². The van der Waals surface area contributed by atoms with Crippen molar-refractivity contribution in [2.75, 3.05) is 6.54 Å². The summed E-state index contributed by atoms with van der Waals surface area (Å²) in [5.74, 6) is 0. The lowest BCUT2D eigenvalue weighted by atomic mass is 10.1. The van der Waals surface area contributed by atoms with E-state index >= 15 is 0 Å². The second-order valence-corrected chi connectivity index (χ2v) is 6.50. The lowest BCUT2D eigenvalue weighted by Crippen LogP contribution is -2.42. The molecule has 1 aromatic rings. The van der Waals surface area contributed by atoms with Gasteiger partial charge in [-0.3, -0.25) is 4.57 Å². The standard InChI is InChI=1S/C11H19N2O4P/c1-9(18(15,16)17)5-10-3-2-4-13(7-10)8-11(14)6-12/h2-4,7,9,11,14H,5-6,8,12H2,1H3,(H-,15,16,17)/p+1. The van der Waals surface area contributed by atoms with Gasteiger partial charge in [-0.2, -0.15) is 0 Å². The largest absolute Gasteiger partial charge is 0.385 e. The Kier molecular flexibility index (Phi) is 5.44. The molecule has 1 heterocycles. The molecule has 0 radical (unpaired) electrons. The van der Waals surface area contributed by atoms with E-state index < -0.39 is 19.4 Å². The van der Waals surface area contributed by atoms with E-state index in [-0.39, 0.29) is 6.54 Å². The zero-order valence-electron chi connectivity index (χ0n) is 10.3. The molecule has 0 aliphatic heterocycles. The molecule has 0 saturated carbocycles. The van der Waals surface area contributed by atoms with Crippen LogP contribution in [-0.2, 0) is 17.5 Å². The molecular weight excluding hydrogens is 255 g/mol. The predicted molar refractivity (Wildman–Crippen MR) is 66.9 cm³/mol. The molecule has 7 heteroatoms. The molecule has 1 aromatic heterocycles. The topological polar surface area (TPSA) is 108 Å². The first-order chi connectivity index (χ1) is 8.32. The van der Waals surface area contributed by atoms with Crippen LogP contribution in [0.2, 0.25) is 0 Å². The highest BCUT2D eigenvalue weighted by Crippen LogP contribution is 2.42. The summed E-state index contributed by atoms with van der Waals surface area (Å²) in [5.41, 5.74) is 5.43. The van der Waals surface area contributed by atoms with Crippen molar-refractivity contribution < 1.29 is 24.0 Å². The Morgan fingerprint density at radius 2 is 2.17 bits per heavy atom. The van der Waals surface area contributed by atoms with Gasteiger partial charge in [0.05, 0.1) is 5.66 Å². The molecule has 0 bridgehead atoms. The first-order valence-electron chi connectivity index (χ1n) is 5.74. The van der Waals surface area contributed by atoms with E-state index in [0.29, 0.717) is 13.0 Å². The van der Waals surface area contributed by atoms with Crippen LogP contribution >= 0.6 is 7.60 Å². The maximum Gasteiger partial charge on any atom is 0.328 e. The number of rotatable bonds is 6. The fourth-order valence-electron chi connectivity index (χ4n) is 1.59. The predicted octanol–water partition coefficient (Wildman–Crippen LogP) is -0.598. The van der Waals surface area contributed by atoms with Crippen molar-refractivity contribution in [3.63, 3.8) is 0 Å². The van der Waals surface area contributed by atoms with Crippen molar-refractivity contribution in [2.45, 2.75) is 31.7 Å². The number of aromatic nitrogens is 1. The minimum atomic E-state index is -4.05. The summed E-state index contributed by atoms with van der Waals surface area (Å²) >= 11 is 0. The Balaban J connectivity index is 2.73. The molecule has 2 unspecified atom stereocenters. The summed E-state index contributed by atoms with van der Waals surface area (Å²) < 4.78 is 12.8. The number of nitrogens with two attached hydrogens (primary N) is 1. The minimum absolute atomic E-state index is 0.177. The molecule has 102 valence electrons. The minimum Gasteiger partial charge on any atom is -0.385 e.